The summed E-state index contributed by atoms with van der Waals surface area (Å²) in [6, 6.07) is 17.3. The molecular formula is C18H22N2O2. The molecule has 0 atom stereocenters. The first-order valence-corrected chi connectivity index (χ1v) is 7.57. The Morgan fingerprint density at radius 1 is 1.00 bits per heavy atom. The minimum absolute atomic E-state index is 0.0422. The first-order valence-electron chi connectivity index (χ1n) is 7.57. The highest BCUT2D eigenvalue weighted by molar-refractivity contribution is 5.74. The summed E-state index contributed by atoms with van der Waals surface area (Å²) in [5.74, 6) is 1.56. The van der Waals surface area contributed by atoms with Gasteiger partial charge in [-0.05, 0) is 43.7 Å². The summed E-state index contributed by atoms with van der Waals surface area (Å²) >= 11 is 0. The van der Waals surface area contributed by atoms with Crippen LogP contribution in [0.1, 0.15) is 19.4 Å². The molecule has 1 N–H and O–H groups in total. The first-order chi connectivity index (χ1) is 10.7. The molecule has 4 nitrogen and oxygen atoms in total. The predicted molar refractivity (Wildman–Crippen MR) is 88.1 cm³/mol. The van der Waals surface area contributed by atoms with Crippen LogP contribution in [-0.2, 0) is 6.54 Å². The van der Waals surface area contributed by atoms with Gasteiger partial charge in [-0.1, -0.05) is 30.3 Å². The van der Waals surface area contributed by atoms with Gasteiger partial charge in [-0.15, -0.1) is 0 Å². The van der Waals surface area contributed by atoms with Crippen LogP contribution in [0.25, 0.3) is 0 Å². The van der Waals surface area contributed by atoms with Crippen LogP contribution >= 0.6 is 0 Å². The van der Waals surface area contributed by atoms with E-state index in [1.807, 2.05) is 68.4 Å². The van der Waals surface area contributed by atoms with E-state index >= 15 is 0 Å². The number of nitrogens with one attached hydrogen (secondary N) is 1. The van der Waals surface area contributed by atoms with E-state index in [2.05, 4.69) is 5.32 Å². The molecule has 0 unspecified atom stereocenters. The van der Waals surface area contributed by atoms with Gasteiger partial charge in [-0.3, -0.25) is 0 Å². The second kappa shape index (κ2) is 8.08. The van der Waals surface area contributed by atoms with Gasteiger partial charge in [0.25, 0.3) is 0 Å². The Labute approximate surface area is 131 Å². The molecule has 4 heteroatoms. The number of hydrogen-bond donors (Lipinski definition) is 1. The van der Waals surface area contributed by atoms with Crippen molar-refractivity contribution in [1.29, 1.82) is 0 Å². The van der Waals surface area contributed by atoms with E-state index in [-0.39, 0.29) is 6.03 Å². The van der Waals surface area contributed by atoms with Crippen LogP contribution in [0.3, 0.4) is 0 Å². The van der Waals surface area contributed by atoms with E-state index in [4.69, 9.17) is 4.74 Å². The molecule has 2 aromatic carbocycles. The molecular weight excluding hydrogens is 276 g/mol. The average molecular weight is 298 g/mol. The molecule has 2 rings (SSSR count). The lowest BCUT2D eigenvalue weighted by molar-refractivity contribution is 0.203. The SMILES string of the molecule is CCN(CC)C(=O)NCc1cccc(Oc2ccccc2)c1. The summed E-state index contributed by atoms with van der Waals surface area (Å²) in [5, 5.41) is 2.92. The number of urea groups is 1. The fourth-order valence-corrected chi connectivity index (χ4v) is 2.14. The predicted octanol–water partition coefficient (Wildman–Crippen LogP) is 4.03. The summed E-state index contributed by atoms with van der Waals surface area (Å²) in [4.78, 5) is 13.7. The van der Waals surface area contributed by atoms with Gasteiger partial charge < -0.3 is 15.0 Å². The minimum Gasteiger partial charge on any atom is -0.457 e. The second-order valence-electron chi connectivity index (χ2n) is 4.89. The van der Waals surface area contributed by atoms with Gasteiger partial charge in [-0.2, -0.15) is 0 Å². The van der Waals surface area contributed by atoms with E-state index in [0.29, 0.717) is 19.6 Å². The van der Waals surface area contributed by atoms with Crippen molar-refractivity contribution in [2.24, 2.45) is 0 Å². The lowest BCUT2D eigenvalue weighted by Gasteiger charge is -2.19. The number of amides is 2. The van der Waals surface area contributed by atoms with Gasteiger partial charge in [-0.25, -0.2) is 4.79 Å². The zero-order valence-corrected chi connectivity index (χ0v) is 13.1. The van der Waals surface area contributed by atoms with Crippen LogP contribution in [0, 0.1) is 0 Å². The third kappa shape index (κ3) is 4.52. The Bertz CT molecular complexity index is 595. The molecule has 2 aromatic rings. The topological polar surface area (TPSA) is 41.6 Å². The zero-order valence-electron chi connectivity index (χ0n) is 13.1. The Morgan fingerprint density at radius 3 is 2.36 bits per heavy atom. The molecule has 0 saturated heterocycles. The Hall–Kier alpha value is -2.49. The molecule has 0 aromatic heterocycles. The first kappa shape index (κ1) is 15.9. The lowest BCUT2D eigenvalue weighted by Crippen LogP contribution is -2.39. The fraction of sp³-hybridized carbons (Fsp3) is 0.278. The van der Waals surface area contributed by atoms with Crippen molar-refractivity contribution in [1.82, 2.24) is 10.2 Å². The van der Waals surface area contributed by atoms with Gasteiger partial charge in [0.15, 0.2) is 0 Å². The molecule has 0 aliphatic carbocycles. The maximum absolute atomic E-state index is 11.9. The Morgan fingerprint density at radius 2 is 1.68 bits per heavy atom. The Balaban J connectivity index is 1.95. The van der Waals surface area contributed by atoms with Gasteiger partial charge in [0, 0.05) is 19.6 Å². The van der Waals surface area contributed by atoms with Gasteiger partial charge in [0.2, 0.25) is 0 Å². The molecule has 2 amide bonds. The monoisotopic (exact) mass is 298 g/mol. The third-order valence-electron chi connectivity index (χ3n) is 3.37. The molecule has 0 aliphatic heterocycles. The van der Waals surface area contributed by atoms with Crippen molar-refractivity contribution in [3.05, 3.63) is 60.2 Å². The minimum atomic E-state index is -0.0422. The number of benzene rings is 2. The summed E-state index contributed by atoms with van der Waals surface area (Å²) in [6.07, 6.45) is 0. The van der Waals surface area contributed by atoms with Gasteiger partial charge >= 0.3 is 6.03 Å². The van der Waals surface area contributed by atoms with E-state index in [9.17, 15) is 4.79 Å². The van der Waals surface area contributed by atoms with Crippen LogP contribution in [0.5, 0.6) is 11.5 Å². The molecule has 0 saturated carbocycles. The molecule has 116 valence electrons. The number of carbonyl (C=O) groups excluding carboxylic acids is 1. The Kier molecular flexibility index (Phi) is 5.83. The zero-order chi connectivity index (χ0) is 15.8. The number of carbonyl (C=O) groups is 1. The molecule has 0 heterocycles. The second-order valence-corrected chi connectivity index (χ2v) is 4.89. The third-order valence-corrected chi connectivity index (χ3v) is 3.37. The van der Waals surface area contributed by atoms with Crippen LogP contribution in [0.4, 0.5) is 4.79 Å². The standard InChI is InChI=1S/C18H22N2O2/c1-3-20(4-2)18(21)19-14-15-9-8-12-17(13-15)22-16-10-6-5-7-11-16/h5-13H,3-4,14H2,1-2H3,(H,19,21). The van der Waals surface area contributed by atoms with Crippen molar-refractivity contribution < 1.29 is 9.53 Å². The van der Waals surface area contributed by atoms with Crippen molar-refractivity contribution in [3.8, 4) is 11.5 Å². The number of ether oxygens (including phenoxy) is 1. The average Bonchev–Trinajstić information content (AvgIpc) is 2.55. The highest BCUT2D eigenvalue weighted by Crippen LogP contribution is 2.21. The number of hydrogen-bond acceptors (Lipinski definition) is 2. The van der Waals surface area contributed by atoms with Crippen molar-refractivity contribution in [2.45, 2.75) is 20.4 Å². The van der Waals surface area contributed by atoms with Crippen molar-refractivity contribution >= 4 is 6.03 Å². The fourth-order valence-electron chi connectivity index (χ4n) is 2.14. The van der Waals surface area contributed by atoms with E-state index in [1.165, 1.54) is 0 Å². The highest BCUT2D eigenvalue weighted by atomic mass is 16.5. The smallest absolute Gasteiger partial charge is 0.317 e. The molecule has 0 spiro atoms. The highest BCUT2D eigenvalue weighted by Gasteiger charge is 2.08. The largest absolute Gasteiger partial charge is 0.457 e. The molecule has 0 bridgehead atoms. The quantitative estimate of drug-likeness (QED) is 0.874. The van der Waals surface area contributed by atoms with Gasteiger partial charge in [0.1, 0.15) is 11.5 Å². The molecule has 0 radical (unpaired) electrons. The number of rotatable bonds is 6. The summed E-state index contributed by atoms with van der Waals surface area (Å²) in [5.41, 5.74) is 1.01. The lowest BCUT2D eigenvalue weighted by atomic mass is 10.2. The molecule has 0 aliphatic rings. The van der Waals surface area contributed by atoms with E-state index in [0.717, 1.165) is 17.1 Å². The summed E-state index contributed by atoms with van der Waals surface area (Å²) < 4.78 is 5.79. The summed E-state index contributed by atoms with van der Waals surface area (Å²) in [7, 11) is 0. The van der Waals surface area contributed by atoms with Crippen LogP contribution in [-0.4, -0.2) is 24.0 Å². The van der Waals surface area contributed by atoms with Crippen molar-refractivity contribution in [3.63, 3.8) is 0 Å². The normalized spacial score (nSPS) is 10.1. The van der Waals surface area contributed by atoms with E-state index in [1.54, 1.807) is 4.90 Å². The maximum Gasteiger partial charge on any atom is 0.317 e. The molecule has 0 fully saturated rings. The van der Waals surface area contributed by atoms with Crippen molar-refractivity contribution in [2.75, 3.05) is 13.1 Å². The molecule has 22 heavy (non-hydrogen) atoms. The van der Waals surface area contributed by atoms with Crippen LogP contribution < -0.4 is 10.1 Å². The number of para-hydroxylation sites is 1. The van der Waals surface area contributed by atoms with E-state index < -0.39 is 0 Å². The number of nitrogens with zero attached hydrogens (tertiary/aromatic N) is 1. The summed E-state index contributed by atoms with van der Waals surface area (Å²) in [6.45, 7) is 5.84. The van der Waals surface area contributed by atoms with Gasteiger partial charge in [0.05, 0.1) is 0 Å². The van der Waals surface area contributed by atoms with Crippen LogP contribution in [0.2, 0.25) is 0 Å². The maximum atomic E-state index is 11.9. The van der Waals surface area contributed by atoms with Crippen LogP contribution in [0.15, 0.2) is 54.6 Å².